The van der Waals surface area contributed by atoms with Crippen molar-refractivity contribution in [2.24, 2.45) is 5.73 Å². The SMILES string of the molecule is NC(c1cnc2c(Cl)cc(C(F)(F)F)cn12)C(F)(F)F. The molecule has 0 fully saturated rings. The van der Waals surface area contributed by atoms with E-state index in [1.165, 1.54) is 0 Å². The summed E-state index contributed by atoms with van der Waals surface area (Å²) in [5.74, 6) is 0. The van der Waals surface area contributed by atoms with Crippen molar-refractivity contribution in [2.75, 3.05) is 0 Å². The second kappa shape index (κ2) is 4.52. The van der Waals surface area contributed by atoms with Crippen molar-refractivity contribution < 1.29 is 26.3 Å². The molecule has 3 nitrogen and oxygen atoms in total. The number of fused-ring (bicyclic) bond motifs is 1. The maximum atomic E-state index is 12.6. The number of hydrogen-bond acceptors (Lipinski definition) is 2. The molecule has 2 aromatic heterocycles. The fourth-order valence-electron chi connectivity index (χ4n) is 1.62. The summed E-state index contributed by atoms with van der Waals surface area (Å²) in [5, 5.41) is -0.416. The van der Waals surface area contributed by atoms with E-state index in [0.29, 0.717) is 16.7 Å². The first-order chi connectivity index (χ1) is 9.01. The quantitative estimate of drug-likeness (QED) is 0.817. The van der Waals surface area contributed by atoms with Gasteiger partial charge in [-0.25, -0.2) is 4.98 Å². The Morgan fingerprint density at radius 1 is 1.20 bits per heavy atom. The van der Waals surface area contributed by atoms with Crippen LogP contribution in [-0.2, 0) is 6.18 Å². The van der Waals surface area contributed by atoms with Crippen LogP contribution in [0.2, 0.25) is 5.02 Å². The predicted molar refractivity (Wildman–Crippen MR) is 58.2 cm³/mol. The van der Waals surface area contributed by atoms with Gasteiger partial charge in [-0.1, -0.05) is 11.6 Å². The smallest absolute Gasteiger partial charge is 0.315 e. The number of halogens is 7. The van der Waals surface area contributed by atoms with Crippen molar-refractivity contribution in [1.29, 1.82) is 0 Å². The normalized spacial score (nSPS) is 14.8. The molecule has 2 N–H and O–H groups in total. The summed E-state index contributed by atoms with van der Waals surface area (Å²) in [4.78, 5) is 3.56. The number of aromatic nitrogens is 2. The number of nitrogens with two attached hydrogens (primary N) is 1. The molecule has 0 saturated heterocycles. The average molecular weight is 318 g/mol. The first-order valence-corrected chi connectivity index (χ1v) is 5.45. The van der Waals surface area contributed by atoms with Crippen LogP contribution in [0.1, 0.15) is 17.3 Å². The number of rotatable bonds is 1. The van der Waals surface area contributed by atoms with Crippen LogP contribution in [0.3, 0.4) is 0 Å². The Morgan fingerprint density at radius 2 is 1.80 bits per heavy atom. The Hall–Kier alpha value is -1.48. The van der Waals surface area contributed by atoms with Gasteiger partial charge >= 0.3 is 12.4 Å². The Balaban J connectivity index is 2.68. The molecule has 2 aromatic rings. The van der Waals surface area contributed by atoms with E-state index >= 15 is 0 Å². The van der Waals surface area contributed by atoms with Gasteiger partial charge in [-0.3, -0.25) is 0 Å². The average Bonchev–Trinajstić information content (AvgIpc) is 2.69. The summed E-state index contributed by atoms with van der Waals surface area (Å²) < 4.78 is 76.1. The standard InChI is InChI=1S/C10H6ClF6N3/c11-5-1-4(9(12,13)14)3-20-6(2-19-8(5)20)7(18)10(15,16)17/h1-3,7H,18H2. The van der Waals surface area contributed by atoms with Gasteiger partial charge in [0.15, 0.2) is 5.65 Å². The predicted octanol–water partition coefficient (Wildman–Crippen LogP) is 3.57. The van der Waals surface area contributed by atoms with Crippen molar-refractivity contribution in [2.45, 2.75) is 18.4 Å². The van der Waals surface area contributed by atoms with Gasteiger partial charge in [0, 0.05) is 6.20 Å². The summed E-state index contributed by atoms with van der Waals surface area (Å²) in [5.41, 5.74) is 2.94. The van der Waals surface area contributed by atoms with E-state index in [9.17, 15) is 26.3 Å². The van der Waals surface area contributed by atoms with Crippen LogP contribution in [0.5, 0.6) is 0 Å². The maximum absolute atomic E-state index is 12.6. The molecule has 20 heavy (non-hydrogen) atoms. The topological polar surface area (TPSA) is 43.3 Å². The molecular formula is C10H6ClF6N3. The van der Waals surface area contributed by atoms with Gasteiger partial charge in [-0.05, 0) is 6.07 Å². The summed E-state index contributed by atoms with van der Waals surface area (Å²) in [6, 6.07) is -1.87. The highest BCUT2D eigenvalue weighted by molar-refractivity contribution is 6.33. The van der Waals surface area contributed by atoms with E-state index in [1.807, 2.05) is 0 Å². The van der Waals surface area contributed by atoms with Crippen LogP contribution >= 0.6 is 11.6 Å². The van der Waals surface area contributed by atoms with Crippen LogP contribution in [0.4, 0.5) is 26.3 Å². The minimum absolute atomic E-state index is 0.227. The molecule has 10 heteroatoms. The first kappa shape index (κ1) is 14.9. The fourth-order valence-corrected chi connectivity index (χ4v) is 1.87. The first-order valence-electron chi connectivity index (χ1n) is 5.08. The number of pyridine rings is 1. The highest BCUT2D eigenvalue weighted by Crippen LogP contribution is 2.35. The minimum Gasteiger partial charge on any atom is -0.315 e. The molecular weight excluding hydrogens is 312 g/mol. The lowest BCUT2D eigenvalue weighted by molar-refractivity contribution is -0.150. The van der Waals surface area contributed by atoms with Gasteiger partial charge in [0.25, 0.3) is 0 Å². The molecule has 2 heterocycles. The van der Waals surface area contributed by atoms with Crippen molar-refractivity contribution in [3.63, 3.8) is 0 Å². The highest BCUT2D eigenvalue weighted by atomic mass is 35.5. The van der Waals surface area contributed by atoms with E-state index in [0.717, 1.165) is 6.20 Å². The summed E-state index contributed by atoms with van der Waals surface area (Å²) >= 11 is 5.60. The van der Waals surface area contributed by atoms with E-state index in [4.69, 9.17) is 17.3 Å². The lowest BCUT2D eigenvalue weighted by Gasteiger charge is -2.16. The molecule has 0 radical (unpaired) electrons. The van der Waals surface area contributed by atoms with Crippen LogP contribution in [0, 0.1) is 0 Å². The van der Waals surface area contributed by atoms with Gasteiger partial charge in [-0.15, -0.1) is 0 Å². The van der Waals surface area contributed by atoms with Crippen LogP contribution in [0.15, 0.2) is 18.5 Å². The van der Waals surface area contributed by atoms with Gasteiger partial charge in [-0.2, -0.15) is 26.3 Å². The molecule has 1 unspecified atom stereocenters. The molecule has 0 bridgehead atoms. The number of imidazole rings is 1. The van der Waals surface area contributed by atoms with Gasteiger partial charge in [0.1, 0.15) is 6.04 Å². The molecule has 0 amide bonds. The minimum atomic E-state index is -4.81. The molecule has 110 valence electrons. The summed E-state index contributed by atoms with van der Waals surface area (Å²) in [7, 11) is 0. The zero-order valence-electron chi connectivity index (χ0n) is 9.43. The number of nitrogens with zero attached hydrogens (tertiary/aromatic N) is 2. The van der Waals surface area contributed by atoms with Crippen molar-refractivity contribution in [1.82, 2.24) is 9.38 Å². The van der Waals surface area contributed by atoms with E-state index < -0.39 is 34.7 Å². The highest BCUT2D eigenvalue weighted by Gasteiger charge is 2.40. The molecule has 0 aromatic carbocycles. The summed E-state index contributed by atoms with van der Waals surface area (Å²) in [6.45, 7) is 0. The van der Waals surface area contributed by atoms with Crippen molar-refractivity contribution in [3.05, 3.63) is 34.7 Å². The van der Waals surface area contributed by atoms with E-state index in [1.54, 1.807) is 0 Å². The molecule has 0 saturated carbocycles. The van der Waals surface area contributed by atoms with Gasteiger partial charge < -0.3 is 10.1 Å². The Kier molecular flexibility index (Phi) is 3.37. The zero-order valence-corrected chi connectivity index (χ0v) is 10.2. The Morgan fingerprint density at radius 3 is 2.30 bits per heavy atom. The third-order valence-corrected chi connectivity index (χ3v) is 2.87. The lowest BCUT2D eigenvalue weighted by atomic mass is 10.2. The molecule has 2 rings (SSSR count). The Bertz CT molecular complexity index is 645. The van der Waals surface area contributed by atoms with Crippen LogP contribution in [-0.4, -0.2) is 15.6 Å². The van der Waals surface area contributed by atoms with Crippen LogP contribution < -0.4 is 5.73 Å². The number of hydrogen-bond donors (Lipinski definition) is 1. The largest absolute Gasteiger partial charge is 0.417 e. The second-order valence-electron chi connectivity index (χ2n) is 3.97. The molecule has 0 spiro atoms. The van der Waals surface area contributed by atoms with Crippen molar-refractivity contribution >= 4 is 17.2 Å². The van der Waals surface area contributed by atoms with Crippen molar-refractivity contribution in [3.8, 4) is 0 Å². The molecule has 0 aliphatic carbocycles. The van der Waals surface area contributed by atoms with E-state index in [2.05, 4.69) is 4.98 Å². The monoisotopic (exact) mass is 317 g/mol. The summed E-state index contributed by atoms with van der Waals surface area (Å²) in [6.07, 6.45) is -8.33. The van der Waals surface area contributed by atoms with Crippen LogP contribution in [0.25, 0.3) is 5.65 Å². The third kappa shape index (κ3) is 2.55. The maximum Gasteiger partial charge on any atom is 0.417 e. The molecule has 0 aliphatic heterocycles. The zero-order chi connectivity index (χ0) is 15.3. The molecule has 0 aliphatic rings. The molecule has 1 atom stereocenters. The van der Waals surface area contributed by atoms with Gasteiger partial charge in [0.05, 0.1) is 22.5 Å². The Labute approximate surface area is 113 Å². The third-order valence-electron chi connectivity index (χ3n) is 2.59. The lowest BCUT2D eigenvalue weighted by Crippen LogP contribution is -2.29. The second-order valence-corrected chi connectivity index (χ2v) is 4.38. The van der Waals surface area contributed by atoms with E-state index in [-0.39, 0.29) is 5.65 Å². The number of alkyl halides is 6. The fraction of sp³-hybridized carbons (Fsp3) is 0.300. The van der Waals surface area contributed by atoms with Gasteiger partial charge in [0.2, 0.25) is 0 Å².